The summed E-state index contributed by atoms with van der Waals surface area (Å²) in [7, 11) is 0. The highest BCUT2D eigenvalue weighted by Gasteiger charge is 2.22. The first-order valence-electron chi connectivity index (χ1n) is 8.66. The highest BCUT2D eigenvalue weighted by atomic mass is 16.1. The van der Waals surface area contributed by atoms with Crippen molar-refractivity contribution in [1.29, 1.82) is 0 Å². The molecule has 0 saturated carbocycles. The average Bonchev–Trinajstić information content (AvgIpc) is 2.63. The van der Waals surface area contributed by atoms with Gasteiger partial charge in [-0.15, -0.1) is 0 Å². The molecule has 4 nitrogen and oxygen atoms in total. The lowest BCUT2D eigenvalue weighted by molar-refractivity contribution is 0.100. The van der Waals surface area contributed by atoms with Crippen LogP contribution in [0.5, 0.6) is 0 Å². The van der Waals surface area contributed by atoms with Crippen molar-refractivity contribution in [1.82, 2.24) is 4.90 Å². The van der Waals surface area contributed by atoms with Crippen LogP contribution in [0.1, 0.15) is 45.8 Å². The van der Waals surface area contributed by atoms with E-state index in [1.54, 1.807) is 0 Å². The summed E-state index contributed by atoms with van der Waals surface area (Å²) in [5.74, 6) is 0.129. The number of hydrogen-bond donors (Lipinski definition) is 2. The van der Waals surface area contributed by atoms with E-state index in [9.17, 15) is 4.79 Å². The molecule has 0 atom stereocenters. The molecule has 4 N–H and O–H groups in total. The standard InChI is InChI=1S/C21H25N3O/c1-14-3-4-19(13-20(14)22)15(2)24-11-9-17(10-12-24)16-5-7-18(8-6-16)21(23)25/h3-8,13,17H,2,9-12,22H2,1H3,(H2,23,25). The Morgan fingerprint density at radius 2 is 1.68 bits per heavy atom. The Morgan fingerprint density at radius 3 is 2.24 bits per heavy atom. The number of carbonyl (C=O) groups is 1. The van der Waals surface area contributed by atoms with Crippen LogP contribution >= 0.6 is 0 Å². The van der Waals surface area contributed by atoms with E-state index < -0.39 is 0 Å². The van der Waals surface area contributed by atoms with Gasteiger partial charge in [0.1, 0.15) is 0 Å². The molecule has 25 heavy (non-hydrogen) atoms. The summed E-state index contributed by atoms with van der Waals surface area (Å²) >= 11 is 0. The van der Waals surface area contributed by atoms with Crippen LogP contribution in [0.2, 0.25) is 0 Å². The number of hydrogen-bond acceptors (Lipinski definition) is 3. The van der Waals surface area contributed by atoms with Gasteiger partial charge in [-0.25, -0.2) is 0 Å². The van der Waals surface area contributed by atoms with Crippen LogP contribution in [0.15, 0.2) is 49.0 Å². The lowest BCUT2D eigenvalue weighted by Crippen LogP contribution is -2.31. The Labute approximate surface area is 149 Å². The van der Waals surface area contributed by atoms with Crippen LogP contribution in [0.3, 0.4) is 0 Å². The van der Waals surface area contributed by atoms with Gasteiger partial charge in [-0.3, -0.25) is 4.79 Å². The number of carbonyl (C=O) groups excluding carboxylic acids is 1. The number of anilines is 1. The Bertz CT molecular complexity index is 787. The second-order valence-corrected chi connectivity index (χ2v) is 6.77. The molecule has 1 aliphatic rings. The van der Waals surface area contributed by atoms with E-state index in [-0.39, 0.29) is 5.91 Å². The molecule has 0 unspecified atom stereocenters. The molecule has 1 aliphatic heterocycles. The fourth-order valence-corrected chi connectivity index (χ4v) is 3.40. The average molecular weight is 335 g/mol. The molecule has 2 aromatic rings. The molecular formula is C21H25N3O. The fourth-order valence-electron chi connectivity index (χ4n) is 3.40. The van der Waals surface area contributed by atoms with Gasteiger partial charge in [-0.1, -0.05) is 30.8 Å². The largest absolute Gasteiger partial charge is 0.398 e. The Kier molecular flexibility index (Phi) is 4.79. The summed E-state index contributed by atoms with van der Waals surface area (Å²) in [5, 5.41) is 0. The van der Waals surface area contributed by atoms with E-state index in [0.29, 0.717) is 11.5 Å². The number of piperidine rings is 1. The van der Waals surface area contributed by atoms with Gasteiger partial charge in [0.15, 0.2) is 0 Å². The third-order valence-electron chi connectivity index (χ3n) is 5.16. The van der Waals surface area contributed by atoms with Crippen LogP contribution in [0.4, 0.5) is 5.69 Å². The van der Waals surface area contributed by atoms with E-state index >= 15 is 0 Å². The number of primary amides is 1. The molecule has 0 bridgehead atoms. The number of aryl methyl sites for hydroxylation is 1. The van der Waals surface area contributed by atoms with Gasteiger partial charge in [-0.2, -0.15) is 0 Å². The van der Waals surface area contributed by atoms with E-state index in [0.717, 1.165) is 48.4 Å². The quantitative estimate of drug-likeness (QED) is 0.840. The Balaban J connectivity index is 1.64. The molecule has 1 heterocycles. The van der Waals surface area contributed by atoms with E-state index in [4.69, 9.17) is 11.5 Å². The number of rotatable bonds is 4. The Hall–Kier alpha value is -2.75. The summed E-state index contributed by atoms with van der Waals surface area (Å²) in [6.45, 7) is 8.21. The zero-order valence-corrected chi connectivity index (χ0v) is 14.7. The highest BCUT2D eigenvalue weighted by Crippen LogP contribution is 2.32. The minimum atomic E-state index is -0.380. The van der Waals surface area contributed by atoms with Gasteiger partial charge in [0, 0.05) is 30.0 Å². The maximum Gasteiger partial charge on any atom is 0.248 e. The van der Waals surface area contributed by atoms with Gasteiger partial charge < -0.3 is 16.4 Å². The monoisotopic (exact) mass is 335 g/mol. The molecule has 130 valence electrons. The maximum absolute atomic E-state index is 11.2. The third-order valence-corrected chi connectivity index (χ3v) is 5.16. The number of amides is 1. The van der Waals surface area contributed by atoms with Crippen LogP contribution in [0, 0.1) is 6.92 Å². The second kappa shape index (κ2) is 7.01. The van der Waals surface area contributed by atoms with Crippen LogP contribution in [0.25, 0.3) is 5.70 Å². The van der Waals surface area contributed by atoms with Crippen LogP contribution in [-0.2, 0) is 0 Å². The van der Waals surface area contributed by atoms with Crippen molar-refractivity contribution in [3.05, 3.63) is 71.3 Å². The topological polar surface area (TPSA) is 72.3 Å². The molecule has 0 aromatic heterocycles. The zero-order chi connectivity index (χ0) is 18.0. The summed E-state index contributed by atoms with van der Waals surface area (Å²) in [6, 6.07) is 13.8. The molecule has 3 rings (SSSR count). The second-order valence-electron chi connectivity index (χ2n) is 6.77. The first-order valence-corrected chi connectivity index (χ1v) is 8.66. The molecule has 0 spiro atoms. The van der Waals surface area contributed by atoms with E-state index in [1.807, 2.05) is 43.3 Å². The lowest BCUT2D eigenvalue weighted by Gasteiger charge is -2.35. The first kappa shape index (κ1) is 17.1. The molecule has 1 saturated heterocycles. The van der Waals surface area contributed by atoms with E-state index in [1.165, 1.54) is 5.56 Å². The van der Waals surface area contributed by atoms with E-state index in [2.05, 4.69) is 17.5 Å². The van der Waals surface area contributed by atoms with Crippen molar-refractivity contribution < 1.29 is 4.79 Å². The summed E-state index contributed by atoms with van der Waals surface area (Å²) in [5.41, 5.74) is 17.2. The van der Waals surface area contributed by atoms with Gasteiger partial charge >= 0.3 is 0 Å². The highest BCUT2D eigenvalue weighted by molar-refractivity contribution is 5.92. The van der Waals surface area contributed by atoms with Crippen molar-refractivity contribution in [2.75, 3.05) is 18.8 Å². The van der Waals surface area contributed by atoms with Crippen LogP contribution in [-0.4, -0.2) is 23.9 Å². The fraction of sp³-hybridized carbons (Fsp3) is 0.286. The smallest absolute Gasteiger partial charge is 0.248 e. The Morgan fingerprint density at radius 1 is 1.08 bits per heavy atom. The van der Waals surface area contributed by atoms with Crippen molar-refractivity contribution in [3.63, 3.8) is 0 Å². The van der Waals surface area contributed by atoms with Crippen molar-refractivity contribution in [2.45, 2.75) is 25.7 Å². The molecule has 1 amide bonds. The molecule has 0 radical (unpaired) electrons. The van der Waals surface area contributed by atoms with Gasteiger partial charge in [0.25, 0.3) is 0 Å². The molecular weight excluding hydrogens is 310 g/mol. The summed E-state index contributed by atoms with van der Waals surface area (Å²) in [4.78, 5) is 13.5. The number of nitrogen functional groups attached to an aromatic ring is 1. The summed E-state index contributed by atoms with van der Waals surface area (Å²) in [6.07, 6.45) is 2.13. The number of nitrogens with two attached hydrogens (primary N) is 2. The zero-order valence-electron chi connectivity index (χ0n) is 14.7. The SMILES string of the molecule is C=C(c1ccc(C)c(N)c1)N1CCC(c2ccc(C(N)=O)cc2)CC1. The number of nitrogens with zero attached hydrogens (tertiary/aromatic N) is 1. The van der Waals surface area contributed by atoms with Crippen molar-refractivity contribution in [2.24, 2.45) is 5.73 Å². The first-order chi connectivity index (χ1) is 12.0. The number of benzene rings is 2. The van der Waals surface area contributed by atoms with Crippen molar-refractivity contribution >= 4 is 17.3 Å². The maximum atomic E-state index is 11.2. The predicted molar refractivity (Wildman–Crippen MR) is 103 cm³/mol. The van der Waals surface area contributed by atoms with Gasteiger partial charge in [-0.05, 0) is 60.6 Å². The third kappa shape index (κ3) is 3.68. The molecule has 4 heteroatoms. The van der Waals surface area contributed by atoms with Crippen LogP contribution < -0.4 is 11.5 Å². The normalized spacial score (nSPS) is 15.2. The predicted octanol–water partition coefficient (Wildman–Crippen LogP) is 3.53. The summed E-state index contributed by atoms with van der Waals surface area (Å²) < 4.78 is 0. The number of likely N-dealkylation sites (tertiary alicyclic amines) is 1. The molecule has 0 aliphatic carbocycles. The van der Waals surface area contributed by atoms with Gasteiger partial charge in [0.05, 0.1) is 0 Å². The minimum absolute atomic E-state index is 0.380. The lowest BCUT2D eigenvalue weighted by atomic mass is 9.88. The minimum Gasteiger partial charge on any atom is -0.398 e. The molecule has 1 fully saturated rings. The van der Waals surface area contributed by atoms with Gasteiger partial charge in [0.2, 0.25) is 5.91 Å². The van der Waals surface area contributed by atoms with Crippen molar-refractivity contribution in [3.8, 4) is 0 Å². The molecule has 2 aromatic carbocycles.